The van der Waals surface area contributed by atoms with E-state index in [0.717, 1.165) is 24.0 Å². The predicted octanol–water partition coefficient (Wildman–Crippen LogP) is 3.48. The largest absolute Gasteiger partial charge is 0.493 e. The van der Waals surface area contributed by atoms with E-state index in [0.29, 0.717) is 23.7 Å². The number of aryl methyl sites for hydroxylation is 2. The second kappa shape index (κ2) is 10.9. The van der Waals surface area contributed by atoms with Crippen LogP contribution in [-0.4, -0.2) is 31.7 Å². The number of benzene rings is 2. The van der Waals surface area contributed by atoms with Gasteiger partial charge in [0.2, 0.25) is 0 Å². The Morgan fingerprint density at radius 2 is 1.77 bits per heavy atom. The SMILES string of the molecule is COc1ccc(CCCC(O)C(N)Oc2cccc(C)c2)cc1OC.Cl. The molecule has 0 aromatic heterocycles. The van der Waals surface area contributed by atoms with Crippen LogP contribution in [0.2, 0.25) is 0 Å². The molecule has 0 spiro atoms. The molecule has 2 aromatic carbocycles. The first kappa shape index (κ1) is 22.1. The summed E-state index contributed by atoms with van der Waals surface area (Å²) in [5.41, 5.74) is 8.17. The first-order chi connectivity index (χ1) is 12.0. The molecule has 0 fully saturated rings. The van der Waals surface area contributed by atoms with Crippen LogP contribution in [0.5, 0.6) is 17.2 Å². The number of halogens is 1. The van der Waals surface area contributed by atoms with Gasteiger partial charge in [-0.2, -0.15) is 0 Å². The van der Waals surface area contributed by atoms with Gasteiger partial charge in [0, 0.05) is 0 Å². The van der Waals surface area contributed by atoms with Gasteiger partial charge in [-0.05, 0) is 61.6 Å². The van der Waals surface area contributed by atoms with Crippen molar-refractivity contribution >= 4 is 12.4 Å². The van der Waals surface area contributed by atoms with Crippen LogP contribution in [0.25, 0.3) is 0 Å². The van der Waals surface area contributed by atoms with Crippen molar-refractivity contribution in [1.29, 1.82) is 0 Å². The zero-order valence-corrected chi connectivity index (χ0v) is 16.3. The van der Waals surface area contributed by atoms with Crippen molar-refractivity contribution in [3.63, 3.8) is 0 Å². The lowest BCUT2D eigenvalue weighted by atomic mass is 10.0. The number of aliphatic hydroxyl groups is 1. The lowest BCUT2D eigenvalue weighted by Gasteiger charge is -2.20. The third-order valence-electron chi connectivity index (χ3n) is 4.05. The Balaban J connectivity index is 0.00000338. The molecule has 0 radical (unpaired) electrons. The first-order valence-corrected chi connectivity index (χ1v) is 8.41. The van der Waals surface area contributed by atoms with Crippen LogP contribution in [0.4, 0.5) is 0 Å². The molecule has 5 nitrogen and oxygen atoms in total. The molecule has 0 aliphatic heterocycles. The molecule has 2 atom stereocenters. The Bertz CT molecular complexity index is 681. The van der Waals surface area contributed by atoms with Gasteiger partial charge in [-0.15, -0.1) is 12.4 Å². The van der Waals surface area contributed by atoms with E-state index in [9.17, 15) is 5.11 Å². The minimum Gasteiger partial charge on any atom is -0.493 e. The molecule has 0 aliphatic rings. The lowest BCUT2D eigenvalue weighted by molar-refractivity contribution is 0.0334. The van der Waals surface area contributed by atoms with Crippen LogP contribution in [-0.2, 0) is 6.42 Å². The fraction of sp³-hybridized carbons (Fsp3) is 0.400. The molecule has 2 aromatic rings. The Morgan fingerprint density at radius 3 is 2.42 bits per heavy atom. The smallest absolute Gasteiger partial charge is 0.173 e. The maximum absolute atomic E-state index is 10.2. The molecule has 2 rings (SSSR count). The quantitative estimate of drug-likeness (QED) is 0.650. The standard InChI is InChI=1S/C20H27NO4.ClH/c1-14-6-4-8-16(12-14)25-20(21)17(22)9-5-7-15-10-11-18(23-2)19(13-15)24-3;/h4,6,8,10-13,17,20,22H,5,7,9,21H2,1-3H3;1H. The van der Waals surface area contributed by atoms with Crippen molar-refractivity contribution in [2.45, 2.75) is 38.5 Å². The van der Waals surface area contributed by atoms with Crippen LogP contribution in [0.3, 0.4) is 0 Å². The number of hydrogen-bond donors (Lipinski definition) is 2. The molecule has 144 valence electrons. The summed E-state index contributed by atoms with van der Waals surface area (Å²) in [5, 5.41) is 10.2. The van der Waals surface area contributed by atoms with Crippen LogP contribution in [0.1, 0.15) is 24.0 Å². The summed E-state index contributed by atoms with van der Waals surface area (Å²) in [6, 6.07) is 13.5. The molecular weight excluding hydrogens is 354 g/mol. The molecular formula is C20H28ClNO4. The van der Waals surface area contributed by atoms with Gasteiger partial charge in [0.25, 0.3) is 0 Å². The van der Waals surface area contributed by atoms with Crippen molar-refractivity contribution in [1.82, 2.24) is 0 Å². The van der Waals surface area contributed by atoms with Gasteiger partial charge in [-0.3, -0.25) is 5.73 Å². The first-order valence-electron chi connectivity index (χ1n) is 8.41. The van der Waals surface area contributed by atoms with Gasteiger partial charge in [0.1, 0.15) is 11.9 Å². The molecule has 26 heavy (non-hydrogen) atoms. The van der Waals surface area contributed by atoms with Crippen molar-refractivity contribution in [2.75, 3.05) is 14.2 Å². The summed E-state index contributed by atoms with van der Waals surface area (Å²) in [4.78, 5) is 0. The van der Waals surface area contributed by atoms with E-state index in [4.69, 9.17) is 19.9 Å². The maximum atomic E-state index is 10.2. The van der Waals surface area contributed by atoms with Crippen LogP contribution >= 0.6 is 12.4 Å². The Kier molecular flexibility index (Phi) is 9.27. The van der Waals surface area contributed by atoms with Gasteiger partial charge in [-0.1, -0.05) is 18.2 Å². The van der Waals surface area contributed by atoms with Crippen molar-refractivity contribution in [3.05, 3.63) is 53.6 Å². The highest BCUT2D eigenvalue weighted by molar-refractivity contribution is 5.85. The normalized spacial score (nSPS) is 12.7. The highest BCUT2D eigenvalue weighted by atomic mass is 35.5. The number of methoxy groups -OCH3 is 2. The molecule has 0 saturated heterocycles. The summed E-state index contributed by atoms with van der Waals surface area (Å²) in [7, 11) is 3.23. The van der Waals surface area contributed by atoms with E-state index in [1.807, 2.05) is 49.4 Å². The summed E-state index contributed by atoms with van der Waals surface area (Å²) in [5.74, 6) is 2.09. The molecule has 0 bridgehead atoms. The van der Waals surface area contributed by atoms with E-state index in [1.54, 1.807) is 14.2 Å². The van der Waals surface area contributed by atoms with Crippen molar-refractivity contribution < 1.29 is 19.3 Å². The van der Waals surface area contributed by atoms with Crippen molar-refractivity contribution in [3.8, 4) is 17.2 Å². The van der Waals surface area contributed by atoms with Gasteiger partial charge >= 0.3 is 0 Å². The zero-order valence-electron chi connectivity index (χ0n) is 15.5. The Morgan fingerprint density at radius 1 is 1.04 bits per heavy atom. The van der Waals surface area contributed by atoms with E-state index >= 15 is 0 Å². The van der Waals surface area contributed by atoms with Crippen molar-refractivity contribution in [2.24, 2.45) is 5.73 Å². The summed E-state index contributed by atoms with van der Waals surface area (Å²) >= 11 is 0. The highest BCUT2D eigenvalue weighted by Crippen LogP contribution is 2.28. The molecule has 2 unspecified atom stereocenters. The minimum absolute atomic E-state index is 0. The van der Waals surface area contributed by atoms with Gasteiger partial charge in [-0.25, -0.2) is 0 Å². The van der Waals surface area contributed by atoms with E-state index in [-0.39, 0.29) is 12.4 Å². The molecule has 0 saturated carbocycles. The van der Waals surface area contributed by atoms with Crippen LogP contribution in [0, 0.1) is 6.92 Å². The van der Waals surface area contributed by atoms with Crippen LogP contribution < -0.4 is 19.9 Å². The van der Waals surface area contributed by atoms with E-state index in [2.05, 4.69) is 0 Å². The summed E-state index contributed by atoms with van der Waals surface area (Å²) in [6.07, 6.45) is 0.699. The third-order valence-corrected chi connectivity index (χ3v) is 4.05. The van der Waals surface area contributed by atoms with Crippen LogP contribution in [0.15, 0.2) is 42.5 Å². The van der Waals surface area contributed by atoms with Gasteiger partial charge in [0.15, 0.2) is 17.7 Å². The number of nitrogens with two attached hydrogens (primary N) is 1. The molecule has 0 aliphatic carbocycles. The number of aliphatic hydroxyl groups excluding tert-OH is 1. The van der Waals surface area contributed by atoms with Gasteiger partial charge in [0.05, 0.1) is 14.2 Å². The Labute approximate surface area is 161 Å². The average Bonchev–Trinajstić information content (AvgIpc) is 2.61. The number of rotatable bonds is 9. The fourth-order valence-electron chi connectivity index (χ4n) is 2.64. The molecule has 6 heteroatoms. The predicted molar refractivity (Wildman–Crippen MR) is 106 cm³/mol. The molecule has 0 heterocycles. The topological polar surface area (TPSA) is 73.9 Å². The lowest BCUT2D eigenvalue weighted by Crippen LogP contribution is -2.39. The summed E-state index contributed by atoms with van der Waals surface area (Å²) in [6.45, 7) is 1.98. The maximum Gasteiger partial charge on any atom is 0.173 e. The second-order valence-corrected chi connectivity index (χ2v) is 6.05. The number of hydrogen-bond acceptors (Lipinski definition) is 5. The van der Waals surface area contributed by atoms with Gasteiger partial charge < -0.3 is 19.3 Å². The molecule has 0 amide bonds. The minimum atomic E-state index is -0.743. The average molecular weight is 382 g/mol. The Hall–Kier alpha value is -1.95. The second-order valence-electron chi connectivity index (χ2n) is 6.05. The third kappa shape index (κ3) is 6.41. The monoisotopic (exact) mass is 381 g/mol. The van der Waals surface area contributed by atoms with E-state index < -0.39 is 12.3 Å². The number of ether oxygens (including phenoxy) is 3. The van der Waals surface area contributed by atoms with E-state index in [1.165, 1.54) is 0 Å². The summed E-state index contributed by atoms with van der Waals surface area (Å²) < 4.78 is 16.2. The zero-order chi connectivity index (χ0) is 18.2. The fourth-order valence-corrected chi connectivity index (χ4v) is 2.64. The molecule has 3 N–H and O–H groups in total. The highest BCUT2D eigenvalue weighted by Gasteiger charge is 2.16.